The fraction of sp³-hybridized carbons (Fsp3) is 0.553. The molecule has 7 aliphatic heterocycles. The van der Waals surface area contributed by atoms with Gasteiger partial charge >= 0.3 is 11.9 Å². The van der Waals surface area contributed by atoms with Crippen LogP contribution in [0.1, 0.15) is 65.7 Å². The lowest BCUT2D eigenvalue weighted by Gasteiger charge is -2.44. The Morgan fingerprint density at radius 1 is 0.831 bits per heavy atom. The summed E-state index contributed by atoms with van der Waals surface area (Å²) in [6.45, 7) is 10.3. The van der Waals surface area contributed by atoms with E-state index in [4.69, 9.17) is 0 Å². The number of amidine groups is 1. The van der Waals surface area contributed by atoms with Crippen molar-refractivity contribution in [2.24, 2.45) is 16.9 Å². The van der Waals surface area contributed by atoms with Crippen LogP contribution in [-0.4, -0.2) is 155 Å². The van der Waals surface area contributed by atoms with Gasteiger partial charge in [-0.15, -0.1) is 0 Å². The number of halogens is 3. The summed E-state index contributed by atoms with van der Waals surface area (Å²) >= 11 is 0. The predicted molar refractivity (Wildman–Crippen MR) is 239 cm³/mol. The van der Waals surface area contributed by atoms with Crippen LogP contribution in [0.15, 0.2) is 64.6 Å². The van der Waals surface area contributed by atoms with Gasteiger partial charge in [-0.1, -0.05) is 18.2 Å². The number of imide groups is 1. The second kappa shape index (κ2) is 17.7. The quantitative estimate of drug-likeness (QED) is 0.293. The number of nitrogens with zero attached hydrogens (tertiary/aromatic N) is 9. The van der Waals surface area contributed by atoms with Crippen LogP contribution < -0.4 is 21.3 Å². The topological polar surface area (TPSA) is 134 Å². The van der Waals surface area contributed by atoms with Gasteiger partial charge in [-0.2, -0.15) is 18.3 Å². The summed E-state index contributed by atoms with van der Waals surface area (Å²) in [5, 5.41) is 6.69. The number of hydrogen-bond acceptors (Lipinski definition) is 11. The van der Waals surface area contributed by atoms with E-state index in [1.165, 1.54) is 21.4 Å². The van der Waals surface area contributed by atoms with Crippen molar-refractivity contribution < 1.29 is 27.6 Å². The number of carbonyl (C=O) groups is 3. The molecule has 346 valence electrons. The van der Waals surface area contributed by atoms with Crippen molar-refractivity contribution in [1.82, 2.24) is 44.4 Å². The molecule has 8 heterocycles. The zero-order valence-corrected chi connectivity index (χ0v) is 36.9. The first-order chi connectivity index (χ1) is 31.3. The molecule has 7 aliphatic rings. The van der Waals surface area contributed by atoms with Crippen LogP contribution in [0.3, 0.4) is 0 Å². The van der Waals surface area contributed by atoms with Gasteiger partial charge in [-0.05, 0) is 106 Å². The van der Waals surface area contributed by atoms with Crippen molar-refractivity contribution in [2.45, 2.75) is 76.3 Å². The summed E-state index contributed by atoms with van der Waals surface area (Å²) < 4.78 is 46.4. The van der Waals surface area contributed by atoms with E-state index in [1.54, 1.807) is 11.0 Å². The highest BCUT2D eigenvalue weighted by molar-refractivity contribution is 6.05. The Hall–Kier alpha value is -5.46. The van der Waals surface area contributed by atoms with E-state index in [0.29, 0.717) is 55.8 Å². The second-order valence-corrected chi connectivity index (χ2v) is 19.0. The average molecular weight is 898 g/mol. The van der Waals surface area contributed by atoms with E-state index in [1.807, 2.05) is 42.3 Å². The van der Waals surface area contributed by atoms with Gasteiger partial charge in [0.1, 0.15) is 18.5 Å². The number of rotatable bonds is 10. The standard InChI is InChI=1S/C47H58F3N11O4/c1-54-30-51-53-42(54)23-32-3-2-4-37(21-32)59-29-41-39(47(48,49)50)22-33(27-61(41)46(59)65)26-55-13-11-35(12-14-55)57-15-9-31(10-16-57)25-56-17-19-58(20-18-56)36-5-6-38-34(24-36)28-60(45(38)64)40-7-8-43(62)52-44(40)63/h2-6,21-22,24,29,31,33,35,40,51H,7-20,23,25-28,30H2,1H3,(H,52,62,63). The summed E-state index contributed by atoms with van der Waals surface area (Å²) in [5.41, 5.74) is 5.75. The first-order valence-corrected chi connectivity index (χ1v) is 23.3. The van der Waals surface area contributed by atoms with Crippen LogP contribution >= 0.6 is 0 Å². The molecule has 0 aliphatic carbocycles. The summed E-state index contributed by atoms with van der Waals surface area (Å²) in [5.74, 6) is 0.220. The monoisotopic (exact) mass is 897 g/mol. The maximum absolute atomic E-state index is 14.6. The van der Waals surface area contributed by atoms with Gasteiger partial charge in [-0.3, -0.25) is 39.2 Å². The number of benzene rings is 2. The zero-order chi connectivity index (χ0) is 45.0. The molecule has 2 N–H and O–H groups in total. The van der Waals surface area contributed by atoms with Crippen LogP contribution in [0.2, 0.25) is 0 Å². The Kier molecular flexibility index (Phi) is 11.9. The van der Waals surface area contributed by atoms with E-state index in [9.17, 15) is 32.3 Å². The average Bonchev–Trinajstić information content (AvgIpc) is 3.97. The number of piperazine rings is 1. The number of nitrogens with one attached hydrogen (secondary N) is 2. The molecule has 4 fully saturated rings. The lowest BCUT2D eigenvalue weighted by molar-refractivity contribution is -0.136. The molecule has 0 saturated carbocycles. The highest BCUT2D eigenvalue weighted by atomic mass is 19.4. The number of likely N-dealkylation sites (N-methyl/N-ethyl adjacent to an activating group) is 1. The van der Waals surface area contributed by atoms with Crippen molar-refractivity contribution >= 4 is 34.8 Å². The molecule has 2 aromatic carbocycles. The molecule has 4 saturated heterocycles. The summed E-state index contributed by atoms with van der Waals surface area (Å²) in [6, 6.07) is 13.2. The van der Waals surface area contributed by atoms with Crippen molar-refractivity contribution in [3.8, 4) is 5.69 Å². The number of carbonyl (C=O) groups excluding carboxylic acids is 3. The molecule has 0 radical (unpaired) electrons. The first kappa shape index (κ1) is 43.4. The Bertz CT molecular complexity index is 2440. The maximum atomic E-state index is 14.6. The van der Waals surface area contributed by atoms with Gasteiger partial charge in [0.25, 0.3) is 5.91 Å². The first-order valence-electron chi connectivity index (χ1n) is 23.3. The normalized spacial score (nSPS) is 24.2. The minimum absolute atomic E-state index is 0.0879. The van der Waals surface area contributed by atoms with E-state index >= 15 is 0 Å². The van der Waals surface area contributed by atoms with Gasteiger partial charge < -0.3 is 24.5 Å². The molecule has 1 aromatic heterocycles. The van der Waals surface area contributed by atoms with E-state index < -0.39 is 35.3 Å². The SMILES string of the molecule is CN1CNN=C1Cc1cccc(-n2cc3n(c2=O)CC(CN2CCC(N4CCC(CN5CCN(c6ccc7c(c6)CN(C6CCC(=O)NC6=O)C7=O)CC5)CC4)CC2)C=C3C(F)(F)F)c1. The van der Waals surface area contributed by atoms with E-state index in [2.05, 4.69) is 41.5 Å². The Morgan fingerprint density at radius 3 is 2.32 bits per heavy atom. The third-order valence-electron chi connectivity index (χ3n) is 14.9. The largest absolute Gasteiger partial charge is 0.418 e. The number of imidazole rings is 1. The molecule has 3 amide bonds. The highest BCUT2D eigenvalue weighted by Gasteiger charge is 2.42. The number of fused-ring (bicyclic) bond motifs is 2. The third-order valence-corrected chi connectivity index (χ3v) is 14.9. The van der Waals surface area contributed by atoms with Gasteiger partial charge in [0.05, 0.1) is 17.0 Å². The highest BCUT2D eigenvalue weighted by Crippen LogP contribution is 2.38. The van der Waals surface area contributed by atoms with Crippen LogP contribution in [0.25, 0.3) is 11.3 Å². The molecule has 10 rings (SSSR count). The molecule has 18 heteroatoms. The number of allylic oxidation sites excluding steroid dienone is 1. The Balaban J connectivity index is 0.679. The number of anilines is 1. The van der Waals surface area contributed by atoms with Crippen molar-refractivity contribution in [3.63, 3.8) is 0 Å². The number of hydrazone groups is 1. The number of amides is 3. The lowest BCUT2D eigenvalue weighted by atomic mass is 9.92. The maximum Gasteiger partial charge on any atom is 0.418 e. The van der Waals surface area contributed by atoms with Crippen LogP contribution in [0.4, 0.5) is 18.9 Å². The number of likely N-dealkylation sites (tertiary alicyclic amines) is 2. The molecular formula is C47H58F3N11O4. The van der Waals surface area contributed by atoms with Crippen molar-refractivity contribution in [1.29, 1.82) is 0 Å². The minimum atomic E-state index is -4.59. The van der Waals surface area contributed by atoms with Gasteiger partial charge in [0.2, 0.25) is 11.8 Å². The zero-order valence-electron chi connectivity index (χ0n) is 36.9. The molecule has 0 bridgehead atoms. The predicted octanol–water partition coefficient (Wildman–Crippen LogP) is 3.32. The lowest BCUT2D eigenvalue weighted by Crippen LogP contribution is -2.52. The smallest absolute Gasteiger partial charge is 0.369 e. The Morgan fingerprint density at radius 2 is 1.60 bits per heavy atom. The fourth-order valence-electron chi connectivity index (χ4n) is 11.2. The second-order valence-electron chi connectivity index (χ2n) is 19.0. The molecule has 65 heavy (non-hydrogen) atoms. The molecule has 2 atom stereocenters. The number of piperidine rings is 3. The van der Waals surface area contributed by atoms with Crippen LogP contribution in [0.5, 0.6) is 0 Å². The van der Waals surface area contributed by atoms with Gasteiger partial charge in [0, 0.05) is 102 Å². The van der Waals surface area contributed by atoms with E-state index in [0.717, 1.165) is 107 Å². The molecule has 2 unspecified atom stereocenters. The van der Waals surface area contributed by atoms with E-state index in [-0.39, 0.29) is 30.5 Å². The molecular weight excluding hydrogens is 840 g/mol. The number of alkyl halides is 3. The molecule has 0 spiro atoms. The summed E-state index contributed by atoms with van der Waals surface area (Å²) in [7, 11) is 1.93. The summed E-state index contributed by atoms with van der Waals surface area (Å²) in [4.78, 5) is 64.6. The van der Waals surface area contributed by atoms with Gasteiger partial charge in [0.15, 0.2) is 0 Å². The third kappa shape index (κ3) is 8.96. The summed E-state index contributed by atoms with van der Waals surface area (Å²) in [6.07, 6.45) is 3.51. The van der Waals surface area contributed by atoms with Crippen molar-refractivity contribution in [3.05, 3.63) is 87.6 Å². The number of aromatic nitrogens is 2. The van der Waals surface area contributed by atoms with Crippen molar-refractivity contribution in [2.75, 3.05) is 84.1 Å². The number of hydrogen-bond donors (Lipinski definition) is 2. The van der Waals surface area contributed by atoms with Crippen LogP contribution in [0, 0.1) is 11.8 Å². The molecule has 3 aromatic rings. The van der Waals surface area contributed by atoms with Crippen LogP contribution in [-0.2, 0) is 29.1 Å². The minimum Gasteiger partial charge on any atom is -0.369 e. The molecule has 15 nitrogen and oxygen atoms in total. The Labute approximate surface area is 376 Å². The fourth-order valence-corrected chi connectivity index (χ4v) is 11.2. The van der Waals surface area contributed by atoms with Gasteiger partial charge in [-0.25, -0.2) is 4.79 Å².